The van der Waals surface area contributed by atoms with Crippen LogP contribution in [0.5, 0.6) is 5.75 Å². The predicted molar refractivity (Wildman–Crippen MR) is 90.1 cm³/mol. The summed E-state index contributed by atoms with van der Waals surface area (Å²) in [7, 11) is -2.22. The third-order valence-corrected chi connectivity index (χ3v) is 5.52. The number of benzene rings is 2. The fourth-order valence-corrected chi connectivity index (χ4v) is 4.50. The number of rotatable bonds is 4. The van der Waals surface area contributed by atoms with Gasteiger partial charge < -0.3 is 10.5 Å². The lowest BCUT2D eigenvalue weighted by Gasteiger charge is -2.11. The molecule has 0 aromatic heterocycles. The molecule has 0 amide bonds. The Kier molecular flexibility index (Phi) is 4.80. The molecule has 0 saturated carbocycles. The number of methoxy groups -OCH3 is 1. The molecule has 0 radical (unpaired) electrons. The van der Waals surface area contributed by atoms with Crippen LogP contribution in [0.4, 0.5) is 11.4 Å². The number of halogens is 2. The van der Waals surface area contributed by atoms with E-state index in [4.69, 9.17) is 10.5 Å². The van der Waals surface area contributed by atoms with Crippen molar-refractivity contribution in [1.29, 1.82) is 0 Å². The van der Waals surface area contributed by atoms with Gasteiger partial charge in [-0.2, -0.15) is 0 Å². The molecular formula is C13H12Br2N2O3S. The number of hydrogen-bond donors (Lipinski definition) is 2. The molecule has 0 aliphatic heterocycles. The molecule has 0 heterocycles. The number of ether oxygens (including phenoxy) is 1. The van der Waals surface area contributed by atoms with Gasteiger partial charge in [0.1, 0.15) is 10.6 Å². The zero-order valence-corrected chi connectivity index (χ0v) is 14.9. The fourth-order valence-electron chi connectivity index (χ4n) is 1.70. The lowest BCUT2D eigenvalue weighted by molar-refractivity contribution is 0.417. The molecule has 5 nitrogen and oxygen atoms in total. The van der Waals surface area contributed by atoms with E-state index >= 15 is 0 Å². The van der Waals surface area contributed by atoms with Gasteiger partial charge in [0.2, 0.25) is 0 Å². The smallest absolute Gasteiger partial charge is 0.263 e. The second-order valence-corrected chi connectivity index (χ2v) is 7.56. The molecule has 21 heavy (non-hydrogen) atoms. The summed E-state index contributed by atoms with van der Waals surface area (Å²) in [6.07, 6.45) is 0. The fraction of sp³-hybridized carbons (Fsp3) is 0.0769. The van der Waals surface area contributed by atoms with Gasteiger partial charge in [0.05, 0.1) is 18.5 Å². The van der Waals surface area contributed by atoms with Crippen molar-refractivity contribution in [2.75, 3.05) is 17.6 Å². The van der Waals surface area contributed by atoms with E-state index in [9.17, 15) is 8.42 Å². The van der Waals surface area contributed by atoms with Crippen LogP contribution in [0, 0.1) is 0 Å². The molecule has 0 aliphatic rings. The van der Waals surface area contributed by atoms with E-state index < -0.39 is 10.0 Å². The molecule has 0 fully saturated rings. The summed E-state index contributed by atoms with van der Waals surface area (Å²) >= 11 is 6.52. The SMILES string of the molecule is COc1ccc(NS(=O)(=O)c2ccc(Br)cc2Br)cc1N. The maximum atomic E-state index is 12.4. The molecule has 3 N–H and O–H groups in total. The van der Waals surface area contributed by atoms with Gasteiger partial charge in [-0.15, -0.1) is 0 Å². The molecule has 2 aromatic carbocycles. The van der Waals surface area contributed by atoms with Crippen molar-refractivity contribution in [1.82, 2.24) is 0 Å². The number of nitrogens with two attached hydrogens (primary N) is 1. The standard InChI is InChI=1S/C13H12Br2N2O3S/c1-20-12-4-3-9(7-11(12)16)17-21(18,19)13-5-2-8(14)6-10(13)15/h2-7,17H,16H2,1H3. The van der Waals surface area contributed by atoms with Gasteiger partial charge in [-0.3, -0.25) is 4.72 Å². The molecule has 0 spiro atoms. The number of hydrogen-bond acceptors (Lipinski definition) is 4. The van der Waals surface area contributed by atoms with E-state index in [0.29, 0.717) is 21.6 Å². The van der Waals surface area contributed by atoms with E-state index in [2.05, 4.69) is 36.6 Å². The van der Waals surface area contributed by atoms with Crippen molar-refractivity contribution in [3.05, 3.63) is 45.3 Å². The van der Waals surface area contributed by atoms with Crippen LogP contribution in [0.2, 0.25) is 0 Å². The summed E-state index contributed by atoms with van der Waals surface area (Å²) in [5, 5.41) is 0. The average Bonchev–Trinajstić information content (AvgIpc) is 2.37. The van der Waals surface area contributed by atoms with Gasteiger partial charge in [-0.25, -0.2) is 8.42 Å². The van der Waals surface area contributed by atoms with Crippen molar-refractivity contribution < 1.29 is 13.2 Å². The molecule has 8 heteroatoms. The summed E-state index contributed by atoms with van der Waals surface area (Å²) in [5.74, 6) is 0.489. The highest BCUT2D eigenvalue weighted by Crippen LogP contribution is 2.29. The van der Waals surface area contributed by atoms with E-state index in [1.165, 1.54) is 19.2 Å². The molecule has 2 rings (SSSR count). The van der Waals surface area contributed by atoms with Gasteiger partial charge in [0.25, 0.3) is 10.0 Å². The maximum absolute atomic E-state index is 12.4. The topological polar surface area (TPSA) is 81.4 Å². The largest absolute Gasteiger partial charge is 0.495 e. The first kappa shape index (κ1) is 16.1. The van der Waals surface area contributed by atoms with Crippen LogP contribution in [0.25, 0.3) is 0 Å². The van der Waals surface area contributed by atoms with Crippen LogP contribution < -0.4 is 15.2 Å². The summed E-state index contributed by atoms with van der Waals surface area (Å²) in [6.45, 7) is 0. The number of nitrogens with one attached hydrogen (secondary N) is 1. The zero-order chi connectivity index (χ0) is 15.6. The average molecular weight is 436 g/mol. The van der Waals surface area contributed by atoms with Gasteiger partial charge in [0, 0.05) is 8.95 Å². The van der Waals surface area contributed by atoms with Gasteiger partial charge in [-0.05, 0) is 52.3 Å². The lowest BCUT2D eigenvalue weighted by atomic mass is 10.2. The Morgan fingerprint density at radius 1 is 1.14 bits per heavy atom. The second-order valence-electron chi connectivity index (χ2n) is 4.14. The van der Waals surface area contributed by atoms with Crippen molar-refractivity contribution >= 4 is 53.3 Å². The molecule has 0 bridgehead atoms. The highest BCUT2D eigenvalue weighted by Gasteiger charge is 2.18. The van der Waals surface area contributed by atoms with Crippen LogP contribution in [-0.4, -0.2) is 15.5 Å². The lowest BCUT2D eigenvalue weighted by Crippen LogP contribution is -2.13. The summed E-state index contributed by atoms with van der Waals surface area (Å²) in [4.78, 5) is 0.139. The molecule has 0 atom stereocenters. The zero-order valence-electron chi connectivity index (χ0n) is 10.9. The van der Waals surface area contributed by atoms with E-state index in [0.717, 1.165) is 4.47 Å². The van der Waals surface area contributed by atoms with E-state index in [1.54, 1.807) is 24.3 Å². The Labute approximate surface area is 139 Å². The number of nitrogen functional groups attached to an aromatic ring is 1. The van der Waals surface area contributed by atoms with Gasteiger partial charge >= 0.3 is 0 Å². The monoisotopic (exact) mass is 434 g/mol. The highest BCUT2D eigenvalue weighted by atomic mass is 79.9. The minimum Gasteiger partial charge on any atom is -0.495 e. The van der Waals surface area contributed by atoms with E-state index in [-0.39, 0.29) is 4.90 Å². The second kappa shape index (κ2) is 6.25. The summed E-state index contributed by atoms with van der Waals surface area (Å²) in [5.41, 5.74) is 6.48. The number of anilines is 2. The molecule has 2 aromatic rings. The van der Waals surface area contributed by atoms with Crippen LogP contribution in [0.3, 0.4) is 0 Å². The van der Waals surface area contributed by atoms with Crippen molar-refractivity contribution in [3.63, 3.8) is 0 Å². The first-order valence-electron chi connectivity index (χ1n) is 5.75. The molecule has 112 valence electrons. The maximum Gasteiger partial charge on any atom is 0.263 e. The van der Waals surface area contributed by atoms with Crippen molar-refractivity contribution in [2.45, 2.75) is 4.90 Å². The predicted octanol–water partition coefficient (Wildman–Crippen LogP) is 3.60. The molecular weight excluding hydrogens is 424 g/mol. The minimum atomic E-state index is -3.71. The van der Waals surface area contributed by atoms with Crippen LogP contribution in [0.1, 0.15) is 0 Å². The highest BCUT2D eigenvalue weighted by molar-refractivity contribution is 9.11. The summed E-state index contributed by atoms with van der Waals surface area (Å²) < 4.78 is 33.5. The Morgan fingerprint density at radius 3 is 2.43 bits per heavy atom. The minimum absolute atomic E-state index is 0.139. The van der Waals surface area contributed by atoms with Crippen LogP contribution in [-0.2, 0) is 10.0 Å². The third-order valence-electron chi connectivity index (χ3n) is 2.67. The molecule has 0 saturated heterocycles. The Hall–Kier alpha value is -1.25. The summed E-state index contributed by atoms with van der Waals surface area (Å²) in [6, 6.07) is 9.51. The van der Waals surface area contributed by atoms with E-state index in [1.807, 2.05) is 0 Å². The van der Waals surface area contributed by atoms with Gasteiger partial charge in [0.15, 0.2) is 0 Å². The quantitative estimate of drug-likeness (QED) is 0.718. The Balaban J connectivity index is 2.35. The van der Waals surface area contributed by atoms with Crippen molar-refractivity contribution in [3.8, 4) is 5.75 Å². The number of sulfonamides is 1. The normalized spacial score (nSPS) is 11.2. The first-order valence-corrected chi connectivity index (χ1v) is 8.82. The Morgan fingerprint density at radius 2 is 1.86 bits per heavy atom. The molecule has 0 aliphatic carbocycles. The third kappa shape index (κ3) is 3.69. The Bertz CT molecular complexity index is 779. The van der Waals surface area contributed by atoms with Crippen LogP contribution >= 0.6 is 31.9 Å². The van der Waals surface area contributed by atoms with Gasteiger partial charge in [-0.1, -0.05) is 15.9 Å². The molecule has 0 unspecified atom stereocenters. The van der Waals surface area contributed by atoms with Crippen molar-refractivity contribution in [2.24, 2.45) is 0 Å². The first-order chi connectivity index (χ1) is 9.83. The van der Waals surface area contributed by atoms with Crippen LogP contribution in [0.15, 0.2) is 50.2 Å².